The lowest BCUT2D eigenvalue weighted by Gasteiger charge is -2.31. The van der Waals surface area contributed by atoms with Gasteiger partial charge in [-0.3, -0.25) is 4.79 Å². The number of unbranched alkanes of at least 4 members (excludes halogenated alkanes) is 2. The summed E-state index contributed by atoms with van der Waals surface area (Å²) in [5, 5.41) is 10.9. The predicted molar refractivity (Wildman–Crippen MR) is 123 cm³/mol. The van der Waals surface area contributed by atoms with Crippen LogP contribution in [0.1, 0.15) is 71.0 Å². The fraction of sp³-hybridized carbons (Fsp3) is 0.500. The summed E-state index contributed by atoms with van der Waals surface area (Å²) < 4.78 is 6.11. The number of aromatic hydroxyl groups is 1. The van der Waals surface area contributed by atoms with Crippen molar-refractivity contribution >= 4 is 0 Å². The Morgan fingerprint density at radius 1 is 1.27 bits per heavy atom. The highest BCUT2D eigenvalue weighted by Gasteiger charge is 2.31. The van der Waals surface area contributed by atoms with E-state index in [0.717, 1.165) is 24.3 Å². The third-order valence-electron chi connectivity index (χ3n) is 6.30. The first-order valence-electron chi connectivity index (χ1n) is 11.3. The van der Waals surface area contributed by atoms with Crippen LogP contribution in [-0.4, -0.2) is 16.7 Å². The second-order valence-corrected chi connectivity index (χ2v) is 8.73. The highest BCUT2D eigenvalue weighted by Crippen LogP contribution is 2.40. The van der Waals surface area contributed by atoms with Crippen LogP contribution in [0.15, 0.2) is 53.0 Å². The molecule has 4 nitrogen and oxygen atoms in total. The Morgan fingerprint density at radius 3 is 2.73 bits per heavy atom. The van der Waals surface area contributed by atoms with Gasteiger partial charge in [0.2, 0.25) is 0 Å². The third kappa shape index (κ3) is 5.42. The van der Waals surface area contributed by atoms with Gasteiger partial charge in [-0.15, -0.1) is 0 Å². The summed E-state index contributed by atoms with van der Waals surface area (Å²) in [5.74, 6) is 0.969. The van der Waals surface area contributed by atoms with Gasteiger partial charge in [0.1, 0.15) is 5.75 Å². The average Bonchev–Trinajstić information content (AvgIpc) is 2.75. The van der Waals surface area contributed by atoms with Gasteiger partial charge in [-0.2, -0.15) is 0 Å². The predicted octanol–water partition coefficient (Wildman–Crippen LogP) is 6.38. The zero-order chi connectivity index (χ0) is 21.5. The molecule has 0 saturated carbocycles. The van der Waals surface area contributed by atoms with Crippen molar-refractivity contribution in [2.24, 2.45) is 11.8 Å². The first-order chi connectivity index (χ1) is 14.5. The summed E-state index contributed by atoms with van der Waals surface area (Å²) in [5.41, 5.74) is 2.87. The molecule has 1 aliphatic heterocycles. The molecule has 1 saturated heterocycles. The molecule has 1 aromatic heterocycles. The molecule has 0 bridgehead atoms. The molecule has 162 valence electrons. The van der Waals surface area contributed by atoms with Crippen LogP contribution >= 0.6 is 0 Å². The molecule has 1 fully saturated rings. The number of rotatable bonds is 8. The maximum absolute atomic E-state index is 12.6. The SMILES string of the molecule is CC[C@H](C)CCCC/C=C1/CO[C@@H](c2c(O)c(-c3ccccc3)c[nH]c2=O)[C@H](C)C1. The van der Waals surface area contributed by atoms with Crippen molar-refractivity contribution in [3.63, 3.8) is 0 Å². The normalized spacial score (nSPS) is 21.6. The minimum Gasteiger partial charge on any atom is -0.507 e. The van der Waals surface area contributed by atoms with E-state index in [1.807, 2.05) is 30.3 Å². The van der Waals surface area contributed by atoms with E-state index in [2.05, 4.69) is 31.8 Å². The molecule has 1 aromatic carbocycles. The standard InChI is InChI=1S/C26H35NO3/c1-4-18(2)11-7-5-8-12-20-15-19(3)25(30-17-20)23-24(28)22(16-27-26(23)29)21-13-9-6-10-14-21/h6,9-10,12-14,16,18-19,25H,4-5,7-8,11,15,17H2,1-3H3,(H2,27,28,29)/b20-12+/t18-,19+,25+/m0/s1. The van der Waals surface area contributed by atoms with E-state index in [9.17, 15) is 9.90 Å². The summed E-state index contributed by atoms with van der Waals surface area (Å²) in [6.07, 6.45) is 10.5. The molecule has 0 spiro atoms. The lowest BCUT2D eigenvalue weighted by molar-refractivity contribution is 0.00220. The van der Waals surface area contributed by atoms with Gasteiger partial charge in [0.15, 0.2) is 0 Å². The molecule has 0 amide bonds. The van der Waals surface area contributed by atoms with E-state index >= 15 is 0 Å². The average molecular weight is 410 g/mol. The first-order valence-corrected chi connectivity index (χ1v) is 11.3. The molecule has 1 aliphatic rings. The minimum absolute atomic E-state index is 0.0271. The molecule has 0 radical (unpaired) electrons. The van der Waals surface area contributed by atoms with E-state index in [0.29, 0.717) is 17.7 Å². The number of allylic oxidation sites excluding steroid dienone is 1. The van der Waals surface area contributed by atoms with Gasteiger partial charge in [-0.25, -0.2) is 0 Å². The Labute approximate surface area is 180 Å². The zero-order valence-corrected chi connectivity index (χ0v) is 18.5. The minimum atomic E-state index is -0.403. The molecule has 3 atom stereocenters. The summed E-state index contributed by atoms with van der Waals surface area (Å²) >= 11 is 0. The monoisotopic (exact) mass is 409 g/mol. The van der Waals surface area contributed by atoms with Crippen LogP contribution in [0.25, 0.3) is 11.1 Å². The molecular weight excluding hydrogens is 374 g/mol. The Kier molecular flexibility index (Phi) is 7.92. The van der Waals surface area contributed by atoms with Gasteiger partial charge in [-0.1, -0.05) is 76.4 Å². The van der Waals surface area contributed by atoms with Crippen LogP contribution in [0, 0.1) is 11.8 Å². The van der Waals surface area contributed by atoms with Crippen LogP contribution in [0.5, 0.6) is 5.75 Å². The van der Waals surface area contributed by atoms with E-state index in [4.69, 9.17) is 4.74 Å². The van der Waals surface area contributed by atoms with E-state index in [-0.39, 0.29) is 17.2 Å². The molecule has 2 N–H and O–H groups in total. The summed E-state index contributed by atoms with van der Waals surface area (Å²) in [4.78, 5) is 15.4. The number of ether oxygens (including phenoxy) is 1. The van der Waals surface area contributed by atoms with Gasteiger partial charge >= 0.3 is 0 Å². The Balaban J connectivity index is 1.67. The number of hydrogen-bond donors (Lipinski definition) is 2. The lowest BCUT2D eigenvalue weighted by atomic mass is 9.87. The van der Waals surface area contributed by atoms with Crippen molar-refractivity contribution < 1.29 is 9.84 Å². The van der Waals surface area contributed by atoms with Crippen molar-refractivity contribution in [1.82, 2.24) is 4.98 Å². The topological polar surface area (TPSA) is 62.3 Å². The third-order valence-corrected chi connectivity index (χ3v) is 6.30. The number of pyridine rings is 1. The molecule has 0 unspecified atom stereocenters. The fourth-order valence-electron chi connectivity index (χ4n) is 4.24. The van der Waals surface area contributed by atoms with Crippen LogP contribution in [0.2, 0.25) is 0 Å². The lowest BCUT2D eigenvalue weighted by Crippen LogP contribution is -2.28. The maximum Gasteiger partial charge on any atom is 0.257 e. The molecule has 2 heterocycles. The van der Waals surface area contributed by atoms with Crippen molar-refractivity contribution in [3.05, 3.63) is 64.1 Å². The van der Waals surface area contributed by atoms with Crippen LogP contribution in [-0.2, 0) is 4.74 Å². The fourth-order valence-corrected chi connectivity index (χ4v) is 4.24. The second-order valence-electron chi connectivity index (χ2n) is 8.73. The number of aromatic nitrogens is 1. The van der Waals surface area contributed by atoms with Crippen molar-refractivity contribution in [3.8, 4) is 16.9 Å². The number of nitrogens with one attached hydrogen (secondary N) is 1. The van der Waals surface area contributed by atoms with Gasteiger partial charge in [-0.05, 0) is 42.2 Å². The van der Waals surface area contributed by atoms with Crippen LogP contribution in [0.3, 0.4) is 0 Å². The second kappa shape index (κ2) is 10.6. The van der Waals surface area contributed by atoms with E-state index in [1.165, 1.54) is 31.3 Å². The quantitative estimate of drug-likeness (QED) is 0.393. The Morgan fingerprint density at radius 2 is 2.03 bits per heavy atom. The largest absolute Gasteiger partial charge is 0.507 e. The highest BCUT2D eigenvalue weighted by atomic mass is 16.5. The smallest absolute Gasteiger partial charge is 0.257 e. The summed E-state index contributed by atoms with van der Waals surface area (Å²) in [6.45, 7) is 7.19. The Bertz CT molecular complexity index is 900. The number of benzene rings is 1. The van der Waals surface area contributed by atoms with Gasteiger partial charge in [0.25, 0.3) is 5.56 Å². The van der Waals surface area contributed by atoms with Crippen LogP contribution < -0.4 is 5.56 Å². The van der Waals surface area contributed by atoms with Crippen molar-refractivity contribution in [1.29, 1.82) is 0 Å². The maximum atomic E-state index is 12.6. The van der Waals surface area contributed by atoms with Crippen molar-refractivity contribution in [2.45, 2.75) is 65.4 Å². The summed E-state index contributed by atoms with van der Waals surface area (Å²) in [6, 6.07) is 9.60. The van der Waals surface area contributed by atoms with Crippen LogP contribution in [0.4, 0.5) is 0 Å². The number of aromatic amines is 1. The van der Waals surface area contributed by atoms with Gasteiger partial charge in [0.05, 0.1) is 18.3 Å². The van der Waals surface area contributed by atoms with Crippen molar-refractivity contribution in [2.75, 3.05) is 6.61 Å². The molecule has 30 heavy (non-hydrogen) atoms. The summed E-state index contributed by atoms with van der Waals surface area (Å²) in [7, 11) is 0. The zero-order valence-electron chi connectivity index (χ0n) is 18.5. The van der Waals surface area contributed by atoms with E-state index < -0.39 is 6.10 Å². The molecule has 4 heteroatoms. The highest BCUT2D eigenvalue weighted by molar-refractivity contribution is 5.70. The molecule has 2 aromatic rings. The first kappa shape index (κ1) is 22.4. The number of H-pyrrole nitrogens is 1. The number of hydrogen-bond acceptors (Lipinski definition) is 3. The Hall–Kier alpha value is -2.33. The molecule has 3 rings (SSSR count). The molecule has 0 aliphatic carbocycles. The van der Waals surface area contributed by atoms with E-state index in [1.54, 1.807) is 6.20 Å². The van der Waals surface area contributed by atoms with Gasteiger partial charge in [0, 0.05) is 11.8 Å². The molecular formula is C26H35NO3. The van der Waals surface area contributed by atoms with Gasteiger partial charge < -0.3 is 14.8 Å².